The van der Waals surface area contributed by atoms with Crippen molar-refractivity contribution >= 4 is 9.76 Å². The van der Waals surface area contributed by atoms with Crippen molar-refractivity contribution in [3.63, 3.8) is 0 Å². The average Bonchev–Trinajstić information content (AvgIpc) is 2.54. The Hall–Kier alpha value is 0.0569. The van der Waals surface area contributed by atoms with Crippen LogP contribution in [-0.2, 0) is 18.6 Å². The maximum Gasteiger partial charge on any atom is 0.229 e. The van der Waals surface area contributed by atoms with Crippen LogP contribution in [0.3, 0.4) is 0 Å². The lowest BCUT2D eigenvalue weighted by atomic mass is 10.2. The van der Waals surface area contributed by atoms with Gasteiger partial charge in [0, 0.05) is 6.61 Å². The highest BCUT2D eigenvalue weighted by atomic mass is 28.2. The Kier molecular flexibility index (Phi) is 21.1. The van der Waals surface area contributed by atoms with Crippen molar-refractivity contribution in [2.24, 2.45) is 0 Å². The highest BCUT2D eigenvalue weighted by Crippen LogP contribution is 1.99. The molecule has 4 nitrogen and oxygen atoms in total. The zero-order chi connectivity index (χ0) is 16.1. The van der Waals surface area contributed by atoms with Gasteiger partial charge >= 0.3 is 0 Å². The third-order valence-electron chi connectivity index (χ3n) is 3.20. The van der Waals surface area contributed by atoms with Gasteiger partial charge in [0.05, 0.1) is 39.6 Å². The topological polar surface area (TPSA) is 36.9 Å². The van der Waals surface area contributed by atoms with E-state index in [1.54, 1.807) is 0 Å². The second-order valence-electron chi connectivity index (χ2n) is 5.35. The average molecular weight is 333 g/mol. The van der Waals surface area contributed by atoms with Gasteiger partial charge in [0.2, 0.25) is 9.76 Å². The Labute approximate surface area is 140 Å². The van der Waals surface area contributed by atoms with Crippen molar-refractivity contribution in [2.75, 3.05) is 46.2 Å². The van der Waals surface area contributed by atoms with Crippen LogP contribution in [0, 0.1) is 0 Å². The molecule has 0 amide bonds. The molecule has 5 heteroatoms. The standard InChI is InChI=1S/C17H36O4Si/c1-3-5-7-8-10-18-11-12-19-13-14-20-15-16-21-22-17-9-6-4-2/h3-17H2,1-2H3. The Morgan fingerprint density at radius 3 is 1.73 bits per heavy atom. The van der Waals surface area contributed by atoms with Crippen LogP contribution in [0.4, 0.5) is 0 Å². The monoisotopic (exact) mass is 332 g/mol. The van der Waals surface area contributed by atoms with Crippen LogP contribution in [0.5, 0.6) is 0 Å². The molecule has 0 aromatic rings. The molecule has 0 unspecified atom stereocenters. The number of hydrogen-bond acceptors (Lipinski definition) is 4. The zero-order valence-corrected chi connectivity index (χ0v) is 15.7. The van der Waals surface area contributed by atoms with Crippen molar-refractivity contribution in [3.8, 4) is 0 Å². The third-order valence-corrected chi connectivity index (χ3v) is 4.17. The lowest BCUT2D eigenvalue weighted by Crippen LogP contribution is -2.12. The minimum absolute atomic E-state index is 0.626. The van der Waals surface area contributed by atoms with Crippen LogP contribution in [0.15, 0.2) is 0 Å². The first-order valence-electron chi connectivity index (χ1n) is 8.99. The molecule has 0 aliphatic heterocycles. The van der Waals surface area contributed by atoms with E-state index in [2.05, 4.69) is 13.8 Å². The molecular formula is C17H36O4Si. The van der Waals surface area contributed by atoms with Crippen LogP contribution in [0.25, 0.3) is 0 Å². The van der Waals surface area contributed by atoms with E-state index in [1.807, 2.05) is 0 Å². The molecule has 0 heterocycles. The number of unbranched alkanes of at least 4 members (excludes halogenated alkanes) is 5. The predicted octanol–water partition coefficient (Wildman–Crippen LogP) is 3.86. The van der Waals surface area contributed by atoms with Crippen molar-refractivity contribution in [2.45, 2.75) is 64.8 Å². The van der Waals surface area contributed by atoms with Gasteiger partial charge < -0.3 is 18.6 Å². The normalized spacial score (nSPS) is 11.2. The summed E-state index contributed by atoms with van der Waals surface area (Å²) in [7, 11) is 0.626. The van der Waals surface area contributed by atoms with E-state index in [4.69, 9.17) is 18.6 Å². The quantitative estimate of drug-likeness (QED) is 0.266. The number of ether oxygens (including phenoxy) is 3. The van der Waals surface area contributed by atoms with Crippen molar-refractivity contribution in [1.29, 1.82) is 0 Å². The van der Waals surface area contributed by atoms with Crippen LogP contribution in [0.2, 0.25) is 6.04 Å². The van der Waals surface area contributed by atoms with Crippen molar-refractivity contribution < 1.29 is 18.6 Å². The first-order valence-corrected chi connectivity index (χ1v) is 10.1. The maximum atomic E-state index is 5.52. The molecule has 0 aliphatic carbocycles. The molecule has 0 aromatic carbocycles. The molecule has 0 aliphatic rings. The summed E-state index contributed by atoms with van der Waals surface area (Å²) in [5.74, 6) is 0. The molecule has 0 spiro atoms. The Morgan fingerprint density at radius 2 is 1.09 bits per heavy atom. The fourth-order valence-electron chi connectivity index (χ4n) is 1.86. The molecule has 0 aromatic heterocycles. The van der Waals surface area contributed by atoms with E-state index < -0.39 is 0 Å². The summed E-state index contributed by atoms with van der Waals surface area (Å²) < 4.78 is 21.9. The van der Waals surface area contributed by atoms with E-state index in [0.29, 0.717) is 49.4 Å². The van der Waals surface area contributed by atoms with Gasteiger partial charge in [0.1, 0.15) is 0 Å². The Morgan fingerprint density at radius 1 is 0.545 bits per heavy atom. The van der Waals surface area contributed by atoms with Gasteiger partial charge in [-0.05, 0) is 12.5 Å². The van der Waals surface area contributed by atoms with Crippen molar-refractivity contribution in [3.05, 3.63) is 0 Å². The highest BCUT2D eigenvalue weighted by Gasteiger charge is 1.94. The van der Waals surface area contributed by atoms with Gasteiger partial charge in [-0.1, -0.05) is 52.4 Å². The molecule has 2 radical (unpaired) electrons. The molecule has 132 valence electrons. The van der Waals surface area contributed by atoms with Crippen LogP contribution in [0.1, 0.15) is 58.8 Å². The van der Waals surface area contributed by atoms with Crippen LogP contribution < -0.4 is 0 Å². The molecule has 0 rings (SSSR count). The van der Waals surface area contributed by atoms with Gasteiger partial charge in [-0.15, -0.1) is 0 Å². The van der Waals surface area contributed by atoms with Gasteiger partial charge in [0.15, 0.2) is 0 Å². The molecule has 0 N–H and O–H groups in total. The molecular weight excluding hydrogens is 296 g/mol. The zero-order valence-electron chi connectivity index (χ0n) is 14.7. The lowest BCUT2D eigenvalue weighted by Gasteiger charge is -2.07. The number of hydrogen-bond donors (Lipinski definition) is 0. The number of rotatable bonds is 19. The summed E-state index contributed by atoms with van der Waals surface area (Å²) in [4.78, 5) is 0. The molecule has 0 bridgehead atoms. The summed E-state index contributed by atoms with van der Waals surface area (Å²) in [5, 5.41) is 0. The summed E-state index contributed by atoms with van der Waals surface area (Å²) in [5.41, 5.74) is 0. The molecule has 0 saturated heterocycles. The molecule has 22 heavy (non-hydrogen) atoms. The summed E-state index contributed by atoms with van der Waals surface area (Å²) in [6, 6.07) is 1.19. The minimum atomic E-state index is 0.626. The largest absolute Gasteiger partial charge is 0.415 e. The predicted molar refractivity (Wildman–Crippen MR) is 92.6 cm³/mol. The molecule has 0 atom stereocenters. The SMILES string of the molecule is CCCCCCOCCOCCOCCO[Si]CCCCC. The second kappa shape index (κ2) is 21.1. The Bertz CT molecular complexity index is 173. The van der Waals surface area contributed by atoms with Gasteiger partial charge in [-0.2, -0.15) is 0 Å². The first-order chi connectivity index (χ1) is 10.9. The van der Waals surface area contributed by atoms with Crippen LogP contribution >= 0.6 is 0 Å². The molecule has 0 fully saturated rings. The van der Waals surface area contributed by atoms with Gasteiger partial charge in [-0.3, -0.25) is 0 Å². The maximum absolute atomic E-state index is 5.52. The summed E-state index contributed by atoms with van der Waals surface area (Å²) in [6.45, 7) is 9.29. The fourth-order valence-corrected chi connectivity index (χ4v) is 2.63. The van der Waals surface area contributed by atoms with Crippen LogP contribution in [-0.4, -0.2) is 56.0 Å². The van der Waals surface area contributed by atoms with Crippen molar-refractivity contribution in [1.82, 2.24) is 0 Å². The lowest BCUT2D eigenvalue weighted by molar-refractivity contribution is 0.00892. The Balaban J connectivity index is 2.91. The first kappa shape index (κ1) is 22.1. The van der Waals surface area contributed by atoms with Gasteiger partial charge in [0.25, 0.3) is 0 Å². The molecule has 0 saturated carbocycles. The van der Waals surface area contributed by atoms with E-state index >= 15 is 0 Å². The van der Waals surface area contributed by atoms with E-state index in [-0.39, 0.29) is 0 Å². The van der Waals surface area contributed by atoms with Gasteiger partial charge in [-0.25, -0.2) is 0 Å². The van der Waals surface area contributed by atoms with E-state index in [1.165, 1.54) is 44.6 Å². The highest BCUT2D eigenvalue weighted by molar-refractivity contribution is 6.26. The fraction of sp³-hybridized carbons (Fsp3) is 1.00. The van der Waals surface area contributed by atoms with E-state index in [0.717, 1.165) is 13.0 Å². The third kappa shape index (κ3) is 20.1. The smallest absolute Gasteiger partial charge is 0.229 e. The van der Waals surface area contributed by atoms with E-state index in [9.17, 15) is 0 Å². The minimum Gasteiger partial charge on any atom is -0.415 e. The summed E-state index contributed by atoms with van der Waals surface area (Å²) >= 11 is 0. The summed E-state index contributed by atoms with van der Waals surface area (Å²) in [6.07, 6.45) is 8.88. The second-order valence-corrected chi connectivity index (χ2v) is 6.43.